The van der Waals surface area contributed by atoms with Gasteiger partial charge in [-0.05, 0) is 12.8 Å². The maximum atomic E-state index is 4.81. The van der Waals surface area contributed by atoms with E-state index >= 15 is 0 Å². The Labute approximate surface area is 71.9 Å². The number of rotatable bonds is 3. The molecule has 5 nitrogen and oxygen atoms in total. The first kappa shape index (κ1) is 10.9. The quantitative estimate of drug-likeness (QED) is 0.368. The minimum Gasteiger partial charge on any atom is -0.396 e. The minimum atomic E-state index is 0. The molecule has 0 spiro atoms. The first-order valence-corrected chi connectivity index (χ1v) is 3.35. The monoisotopic (exact) mass is 174 g/mol. The molecule has 0 atom stereocenters. The molecule has 0 aromatic rings. The number of nitrogens with zero attached hydrogens (tertiary/aromatic N) is 2. The molecule has 1 aliphatic heterocycles. The molecule has 12 heavy (non-hydrogen) atoms. The van der Waals surface area contributed by atoms with E-state index in [1.165, 1.54) is 13.3 Å². The van der Waals surface area contributed by atoms with Gasteiger partial charge in [0.15, 0.2) is 0 Å². The van der Waals surface area contributed by atoms with Crippen LogP contribution >= 0.6 is 0 Å². The van der Waals surface area contributed by atoms with Crippen molar-refractivity contribution in [3.63, 3.8) is 0 Å². The molecule has 0 saturated carbocycles. The molecule has 0 aromatic carbocycles. The topological polar surface area (TPSA) is 52.4 Å². The third kappa shape index (κ3) is 3.92. The molecule has 0 aromatic heterocycles. The summed E-state index contributed by atoms with van der Waals surface area (Å²) in [6, 6.07) is 0. The van der Waals surface area contributed by atoms with E-state index in [0.29, 0.717) is 6.61 Å². The van der Waals surface area contributed by atoms with Gasteiger partial charge in [0.05, 0.1) is 13.3 Å². The van der Waals surface area contributed by atoms with Crippen LogP contribution < -0.4 is 0 Å². The summed E-state index contributed by atoms with van der Waals surface area (Å²) in [5.41, 5.74) is 0.772. The van der Waals surface area contributed by atoms with Gasteiger partial charge in [0.2, 0.25) is 0 Å². The normalized spacial score (nSPS) is 16.2. The van der Waals surface area contributed by atoms with Gasteiger partial charge in [-0.25, -0.2) is 4.99 Å². The SMILES string of the molecule is C.COO/N=C/C1=NOCCC1. The van der Waals surface area contributed by atoms with Crippen molar-refractivity contribution in [2.75, 3.05) is 13.7 Å². The maximum absolute atomic E-state index is 4.81. The molecule has 0 fully saturated rings. The van der Waals surface area contributed by atoms with Crippen molar-refractivity contribution >= 4 is 11.9 Å². The zero-order valence-corrected chi connectivity index (χ0v) is 6.32. The predicted octanol–water partition coefficient (Wildman–Crippen LogP) is 1.35. The second kappa shape index (κ2) is 6.60. The van der Waals surface area contributed by atoms with Crippen molar-refractivity contribution in [1.29, 1.82) is 0 Å². The van der Waals surface area contributed by atoms with E-state index in [1.54, 1.807) is 0 Å². The van der Waals surface area contributed by atoms with E-state index in [2.05, 4.69) is 20.2 Å². The Bertz CT molecular complexity index is 168. The predicted molar refractivity (Wildman–Crippen MR) is 45.9 cm³/mol. The van der Waals surface area contributed by atoms with Crippen LogP contribution in [0.15, 0.2) is 10.3 Å². The highest BCUT2D eigenvalue weighted by Gasteiger charge is 2.02. The fourth-order valence-electron chi connectivity index (χ4n) is 0.706. The summed E-state index contributed by atoms with van der Waals surface area (Å²) in [4.78, 5) is 13.3. The lowest BCUT2D eigenvalue weighted by molar-refractivity contribution is -0.272. The van der Waals surface area contributed by atoms with Crippen LogP contribution in [0.4, 0.5) is 0 Å². The zero-order valence-electron chi connectivity index (χ0n) is 6.32. The second-order valence-corrected chi connectivity index (χ2v) is 2.00. The van der Waals surface area contributed by atoms with Crippen molar-refractivity contribution < 1.29 is 14.7 Å². The molecule has 0 N–H and O–H groups in total. The average Bonchev–Trinajstić information content (AvgIpc) is 2.07. The Balaban J connectivity index is 0.00000121. The Hall–Kier alpha value is -1.10. The van der Waals surface area contributed by atoms with Crippen LogP contribution in [-0.2, 0) is 14.7 Å². The first-order chi connectivity index (χ1) is 5.43. The average molecular weight is 174 g/mol. The van der Waals surface area contributed by atoms with E-state index in [-0.39, 0.29) is 7.43 Å². The van der Waals surface area contributed by atoms with Crippen LogP contribution in [0.25, 0.3) is 0 Å². The molecule has 0 bridgehead atoms. The largest absolute Gasteiger partial charge is 0.396 e. The fourth-order valence-corrected chi connectivity index (χ4v) is 0.706. The van der Waals surface area contributed by atoms with Gasteiger partial charge < -0.3 is 4.84 Å². The van der Waals surface area contributed by atoms with Crippen LogP contribution in [0.1, 0.15) is 20.3 Å². The summed E-state index contributed by atoms with van der Waals surface area (Å²) < 4.78 is 0. The lowest BCUT2D eigenvalue weighted by atomic mass is 10.2. The van der Waals surface area contributed by atoms with Crippen LogP contribution in [0.2, 0.25) is 0 Å². The fraction of sp³-hybridized carbons (Fsp3) is 0.714. The van der Waals surface area contributed by atoms with E-state index in [1.807, 2.05) is 0 Å². The molecular weight excluding hydrogens is 160 g/mol. The molecule has 1 aliphatic rings. The van der Waals surface area contributed by atoms with Crippen LogP contribution in [-0.4, -0.2) is 25.6 Å². The molecule has 0 saturated heterocycles. The molecule has 70 valence electrons. The second-order valence-electron chi connectivity index (χ2n) is 2.00. The number of hydrogen-bond acceptors (Lipinski definition) is 5. The summed E-state index contributed by atoms with van der Waals surface area (Å²) in [5.74, 6) is 0. The molecule has 0 radical (unpaired) electrons. The van der Waals surface area contributed by atoms with Gasteiger partial charge >= 0.3 is 0 Å². The highest BCUT2D eigenvalue weighted by molar-refractivity contribution is 6.30. The summed E-state index contributed by atoms with van der Waals surface area (Å²) >= 11 is 0. The van der Waals surface area contributed by atoms with Gasteiger partial charge in [0.1, 0.15) is 12.3 Å². The number of oxime groups is 2. The van der Waals surface area contributed by atoms with Gasteiger partial charge in [0, 0.05) is 0 Å². The van der Waals surface area contributed by atoms with Gasteiger partial charge in [-0.2, -0.15) is 4.89 Å². The van der Waals surface area contributed by atoms with Crippen LogP contribution in [0, 0.1) is 0 Å². The van der Waals surface area contributed by atoms with Crippen molar-refractivity contribution in [3.8, 4) is 0 Å². The molecule has 0 unspecified atom stereocenters. The molecule has 0 aliphatic carbocycles. The van der Waals surface area contributed by atoms with E-state index < -0.39 is 0 Å². The third-order valence-electron chi connectivity index (χ3n) is 1.17. The van der Waals surface area contributed by atoms with Crippen molar-refractivity contribution in [2.24, 2.45) is 10.3 Å². The highest BCUT2D eigenvalue weighted by Crippen LogP contribution is 2.00. The van der Waals surface area contributed by atoms with E-state index in [0.717, 1.165) is 18.6 Å². The van der Waals surface area contributed by atoms with E-state index in [4.69, 9.17) is 4.84 Å². The molecule has 1 heterocycles. The van der Waals surface area contributed by atoms with Gasteiger partial charge in [-0.1, -0.05) is 17.7 Å². The molecule has 0 amide bonds. The summed E-state index contributed by atoms with van der Waals surface area (Å²) in [6.45, 7) is 0.683. The maximum Gasteiger partial charge on any atom is 0.117 e. The molecule has 1 rings (SSSR count). The Kier molecular flexibility index (Phi) is 6.00. The Morgan fingerprint density at radius 1 is 1.67 bits per heavy atom. The lowest BCUT2D eigenvalue weighted by Gasteiger charge is -2.06. The Morgan fingerprint density at radius 3 is 3.08 bits per heavy atom. The standard InChI is InChI=1S/C6H10N2O3.CH4/c1-9-11-7-5-6-3-2-4-10-8-6;/h5H,2-4H2,1H3;1H4/b7-5+;. The lowest BCUT2D eigenvalue weighted by Crippen LogP contribution is -2.09. The number of hydrogen-bond donors (Lipinski definition) is 0. The van der Waals surface area contributed by atoms with Crippen molar-refractivity contribution in [3.05, 3.63) is 0 Å². The van der Waals surface area contributed by atoms with Crippen molar-refractivity contribution in [1.82, 2.24) is 0 Å². The first-order valence-electron chi connectivity index (χ1n) is 3.35. The van der Waals surface area contributed by atoms with E-state index in [9.17, 15) is 0 Å². The summed E-state index contributed by atoms with van der Waals surface area (Å²) in [7, 11) is 1.39. The van der Waals surface area contributed by atoms with Crippen LogP contribution in [0.3, 0.4) is 0 Å². The summed E-state index contributed by atoms with van der Waals surface area (Å²) in [5, 5.41) is 7.19. The summed E-state index contributed by atoms with van der Waals surface area (Å²) in [6.07, 6.45) is 3.32. The van der Waals surface area contributed by atoms with Crippen LogP contribution in [0.5, 0.6) is 0 Å². The molecule has 5 heteroatoms. The minimum absolute atomic E-state index is 0. The smallest absolute Gasteiger partial charge is 0.117 e. The third-order valence-corrected chi connectivity index (χ3v) is 1.17. The molecular formula is C7H14N2O3. The zero-order chi connectivity index (χ0) is 7.94. The van der Waals surface area contributed by atoms with Gasteiger partial charge in [-0.3, -0.25) is 0 Å². The van der Waals surface area contributed by atoms with Gasteiger partial charge in [-0.15, -0.1) is 0 Å². The highest BCUT2D eigenvalue weighted by atomic mass is 17.3. The Morgan fingerprint density at radius 2 is 2.50 bits per heavy atom. The van der Waals surface area contributed by atoms with Crippen molar-refractivity contribution in [2.45, 2.75) is 20.3 Å². The van der Waals surface area contributed by atoms with Gasteiger partial charge in [0.25, 0.3) is 0 Å².